The van der Waals surface area contributed by atoms with E-state index in [1.807, 2.05) is 13.0 Å². The van der Waals surface area contributed by atoms with Gasteiger partial charge in [-0.2, -0.15) is 14.0 Å². The number of nitriles is 1. The molecule has 9 heteroatoms. The van der Waals surface area contributed by atoms with Crippen molar-refractivity contribution in [3.63, 3.8) is 0 Å². The molecule has 3 aromatic rings. The van der Waals surface area contributed by atoms with Crippen molar-refractivity contribution in [1.29, 1.82) is 5.26 Å². The lowest BCUT2D eigenvalue weighted by Gasteiger charge is -2.22. The minimum absolute atomic E-state index is 0.0714. The average Bonchev–Trinajstić information content (AvgIpc) is 3.08. The first-order valence-corrected chi connectivity index (χ1v) is 10.1. The minimum atomic E-state index is -2.77. The Morgan fingerprint density at radius 2 is 2.10 bits per heavy atom. The van der Waals surface area contributed by atoms with Crippen LogP contribution in [0.4, 0.5) is 14.5 Å². The third-order valence-electron chi connectivity index (χ3n) is 4.28. The number of halogens is 3. The molecule has 0 spiro atoms. The molecule has 150 valence electrons. The van der Waals surface area contributed by atoms with Crippen molar-refractivity contribution in [3.05, 3.63) is 53.1 Å². The highest BCUT2D eigenvalue weighted by atomic mass is 35.5. The molecule has 0 saturated carbocycles. The summed E-state index contributed by atoms with van der Waals surface area (Å²) in [4.78, 5) is 18.6. The number of alkyl halides is 2. The monoisotopic (exact) mass is 434 g/mol. The maximum absolute atomic E-state index is 13.6. The van der Waals surface area contributed by atoms with E-state index in [2.05, 4.69) is 4.98 Å². The van der Waals surface area contributed by atoms with Crippen LogP contribution >= 0.6 is 23.4 Å². The summed E-state index contributed by atoms with van der Waals surface area (Å²) >= 11 is 7.00. The summed E-state index contributed by atoms with van der Waals surface area (Å²) in [6.07, 6.45) is 0.146. The van der Waals surface area contributed by atoms with Crippen molar-refractivity contribution in [3.8, 4) is 6.07 Å². The quantitative estimate of drug-likeness (QED) is 0.465. The number of para-hydroxylation sites is 2. The second-order valence-electron chi connectivity index (χ2n) is 6.21. The molecule has 3 rings (SSSR count). The number of hydrogen-bond donors (Lipinski definition) is 0. The van der Waals surface area contributed by atoms with E-state index in [9.17, 15) is 13.6 Å². The molecule has 1 aromatic heterocycles. The molecule has 0 atom stereocenters. The number of fused-ring (bicyclic) bond motifs is 1. The number of aryl methyl sites for hydroxylation is 1. The second-order valence-corrected chi connectivity index (χ2v) is 7.56. The van der Waals surface area contributed by atoms with E-state index in [1.165, 1.54) is 4.90 Å². The van der Waals surface area contributed by atoms with Crippen molar-refractivity contribution in [2.45, 2.75) is 25.1 Å². The van der Waals surface area contributed by atoms with Gasteiger partial charge in [0.25, 0.3) is 0 Å². The number of amides is 1. The molecule has 29 heavy (non-hydrogen) atoms. The first kappa shape index (κ1) is 21.1. The summed E-state index contributed by atoms with van der Waals surface area (Å²) in [5.74, 6) is -0.400. The maximum Gasteiger partial charge on any atom is 0.321 e. The zero-order chi connectivity index (χ0) is 21.0. The van der Waals surface area contributed by atoms with Crippen LogP contribution in [0.25, 0.3) is 11.0 Å². The smallest absolute Gasteiger partial charge is 0.311 e. The van der Waals surface area contributed by atoms with Crippen LogP contribution in [0.15, 0.2) is 47.6 Å². The van der Waals surface area contributed by atoms with Gasteiger partial charge in [0, 0.05) is 17.3 Å². The van der Waals surface area contributed by atoms with Crippen molar-refractivity contribution < 1.29 is 13.6 Å². The molecule has 0 bridgehead atoms. The van der Waals surface area contributed by atoms with E-state index in [4.69, 9.17) is 16.9 Å². The number of aromatic nitrogens is 2. The van der Waals surface area contributed by atoms with Gasteiger partial charge >= 0.3 is 6.55 Å². The largest absolute Gasteiger partial charge is 0.321 e. The first-order chi connectivity index (χ1) is 13.9. The number of imidazole rings is 1. The van der Waals surface area contributed by atoms with E-state index in [-0.39, 0.29) is 29.8 Å². The summed E-state index contributed by atoms with van der Waals surface area (Å²) in [7, 11) is 0. The second kappa shape index (κ2) is 9.25. The average molecular weight is 435 g/mol. The third-order valence-corrected chi connectivity index (χ3v) is 5.65. The van der Waals surface area contributed by atoms with Crippen molar-refractivity contribution in [2.24, 2.45) is 0 Å². The molecule has 0 aliphatic heterocycles. The molecule has 0 N–H and O–H groups in total. The van der Waals surface area contributed by atoms with E-state index >= 15 is 0 Å². The van der Waals surface area contributed by atoms with Crippen molar-refractivity contribution in [2.75, 3.05) is 17.2 Å². The number of thioether (sulfide) groups is 1. The van der Waals surface area contributed by atoms with E-state index in [0.717, 1.165) is 21.9 Å². The highest BCUT2D eigenvalue weighted by Gasteiger charge is 2.21. The normalized spacial score (nSPS) is 11.0. The Hall–Kier alpha value is -2.63. The van der Waals surface area contributed by atoms with E-state index in [1.54, 1.807) is 42.5 Å². The zero-order valence-electron chi connectivity index (χ0n) is 15.5. The first-order valence-electron chi connectivity index (χ1n) is 8.73. The molecular weight excluding hydrogens is 418 g/mol. The fourth-order valence-corrected chi connectivity index (χ4v) is 3.88. The molecule has 0 unspecified atom stereocenters. The number of rotatable bonds is 7. The van der Waals surface area contributed by atoms with E-state index < -0.39 is 6.55 Å². The lowest BCUT2D eigenvalue weighted by atomic mass is 10.2. The fourth-order valence-electron chi connectivity index (χ4n) is 2.87. The number of anilines is 1. The topological polar surface area (TPSA) is 61.9 Å². The zero-order valence-corrected chi connectivity index (χ0v) is 17.1. The Balaban J connectivity index is 1.83. The van der Waals surface area contributed by atoms with Crippen molar-refractivity contribution in [1.82, 2.24) is 9.55 Å². The van der Waals surface area contributed by atoms with Gasteiger partial charge in [-0.05, 0) is 42.8 Å². The number of carbonyl (C=O) groups is 1. The molecule has 0 radical (unpaired) electrons. The molecular formula is C20H17ClF2N4OS. The van der Waals surface area contributed by atoms with Crippen LogP contribution in [0.5, 0.6) is 0 Å². The van der Waals surface area contributed by atoms with Crippen LogP contribution in [0.2, 0.25) is 5.02 Å². The van der Waals surface area contributed by atoms with Crippen LogP contribution in [0, 0.1) is 18.3 Å². The highest BCUT2D eigenvalue weighted by Crippen LogP contribution is 2.30. The number of nitrogens with zero attached hydrogens (tertiary/aromatic N) is 4. The molecule has 0 aliphatic rings. The van der Waals surface area contributed by atoms with Crippen LogP contribution in [-0.4, -0.2) is 27.8 Å². The highest BCUT2D eigenvalue weighted by molar-refractivity contribution is 7.99. The van der Waals surface area contributed by atoms with Crippen LogP contribution in [0.3, 0.4) is 0 Å². The summed E-state index contributed by atoms with van der Waals surface area (Å²) in [5, 5.41) is 9.56. The Kier molecular flexibility index (Phi) is 6.72. The molecule has 1 amide bonds. The van der Waals surface area contributed by atoms with Gasteiger partial charge in [0.05, 0.1) is 29.3 Å². The van der Waals surface area contributed by atoms with Crippen LogP contribution in [-0.2, 0) is 4.79 Å². The fraction of sp³-hybridized carbons (Fsp3) is 0.250. The Labute approximate surface area is 175 Å². The molecule has 0 fully saturated rings. The lowest BCUT2D eigenvalue weighted by molar-refractivity contribution is -0.116. The summed E-state index contributed by atoms with van der Waals surface area (Å²) in [6, 6.07) is 13.8. The van der Waals surface area contributed by atoms with E-state index in [0.29, 0.717) is 21.7 Å². The van der Waals surface area contributed by atoms with Gasteiger partial charge in [0.15, 0.2) is 5.16 Å². The maximum atomic E-state index is 13.6. The Bertz CT molecular complexity index is 1080. The predicted octanol–water partition coefficient (Wildman–Crippen LogP) is 5.43. The molecule has 2 aromatic carbocycles. The standard InChI is InChI=1S/C20H17ClF2N4OS/c1-13-11-14(7-8-15(13)21)26(10-4-9-24)18(28)12-29-20-25-16-5-2-3-6-17(16)27(20)19(22)23/h2-3,5-8,11,19H,4,10,12H2,1H3. The van der Waals surface area contributed by atoms with Gasteiger partial charge in [0.2, 0.25) is 5.91 Å². The van der Waals surface area contributed by atoms with Gasteiger partial charge < -0.3 is 4.90 Å². The summed E-state index contributed by atoms with van der Waals surface area (Å²) in [5.41, 5.74) is 2.16. The summed E-state index contributed by atoms with van der Waals surface area (Å²) in [6.45, 7) is -0.755. The summed E-state index contributed by atoms with van der Waals surface area (Å²) < 4.78 is 27.9. The number of hydrogen-bond acceptors (Lipinski definition) is 4. The van der Waals surface area contributed by atoms with Crippen LogP contribution in [0.1, 0.15) is 18.5 Å². The molecule has 5 nitrogen and oxygen atoms in total. The Morgan fingerprint density at radius 3 is 2.79 bits per heavy atom. The van der Waals surface area contributed by atoms with Gasteiger partial charge in [-0.1, -0.05) is 35.5 Å². The van der Waals surface area contributed by atoms with Gasteiger partial charge in [-0.25, -0.2) is 4.98 Å². The minimum Gasteiger partial charge on any atom is -0.311 e. The molecule has 0 saturated heterocycles. The SMILES string of the molecule is Cc1cc(N(CCC#N)C(=O)CSc2nc3ccccc3n2C(F)F)ccc1Cl. The lowest BCUT2D eigenvalue weighted by Crippen LogP contribution is -2.33. The number of benzene rings is 2. The Morgan fingerprint density at radius 1 is 1.34 bits per heavy atom. The third kappa shape index (κ3) is 4.69. The molecule has 0 aliphatic carbocycles. The van der Waals surface area contributed by atoms with Crippen molar-refractivity contribution >= 4 is 46.0 Å². The van der Waals surface area contributed by atoms with Crippen LogP contribution < -0.4 is 4.90 Å². The molecule has 1 heterocycles. The van der Waals surface area contributed by atoms with Gasteiger partial charge in [-0.15, -0.1) is 0 Å². The predicted molar refractivity (Wildman–Crippen MR) is 110 cm³/mol. The van der Waals surface area contributed by atoms with Gasteiger partial charge in [0.1, 0.15) is 0 Å². The van der Waals surface area contributed by atoms with Gasteiger partial charge in [-0.3, -0.25) is 9.36 Å². The number of carbonyl (C=O) groups excluding carboxylic acids is 1.